The second kappa shape index (κ2) is 11.4. The number of carbonyl (C=O) groups is 3. The molecule has 3 amide bonds. The number of likely N-dealkylation sites (tertiary alicyclic amines) is 1. The van der Waals surface area contributed by atoms with Crippen LogP contribution in [0.15, 0.2) is 24.4 Å². The van der Waals surface area contributed by atoms with E-state index in [2.05, 4.69) is 9.88 Å². The van der Waals surface area contributed by atoms with Gasteiger partial charge in [0.15, 0.2) is 0 Å². The third kappa shape index (κ3) is 6.21. The first-order valence-corrected chi connectivity index (χ1v) is 14.9. The smallest absolute Gasteiger partial charge is 0.408 e. The fraction of sp³-hybridized carbons (Fsp3) is 0.633. The van der Waals surface area contributed by atoms with Crippen LogP contribution in [0.2, 0.25) is 5.02 Å². The molecule has 3 fully saturated rings. The van der Waals surface area contributed by atoms with E-state index in [4.69, 9.17) is 16.3 Å². The molecule has 1 aromatic heterocycles. The van der Waals surface area contributed by atoms with Crippen molar-refractivity contribution < 1.29 is 19.1 Å². The summed E-state index contributed by atoms with van der Waals surface area (Å²) in [7, 11) is 0. The van der Waals surface area contributed by atoms with Crippen molar-refractivity contribution >= 4 is 46.1 Å². The molecular weight excluding hydrogens is 516 g/mol. The van der Waals surface area contributed by atoms with Gasteiger partial charge in [-0.05, 0) is 77.0 Å². The van der Waals surface area contributed by atoms with Crippen LogP contribution in [0.25, 0.3) is 10.9 Å². The highest BCUT2D eigenvalue weighted by molar-refractivity contribution is 6.31. The molecule has 39 heavy (non-hydrogen) atoms. The van der Waals surface area contributed by atoms with E-state index in [0.717, 1.165) is 61.5 Å². The Morgan fingerprint density at radius 2 is 1.85 bits per heavy atom. The molecule has 2 atom stereocenters. The van der Waals surface area contributed by atoms with Crippen molar-refractivity contribution in [3.63, 3.8) is 0 Å². The van der Waals surface area contributed by atoms with E-state index in [1.54, 1.807) is 0 Å². The monoisotopic (exact) mass is 556 g/mol. The first-order chi connectivity index (χ1) is 18.6. The highest BCUT2D eigenvalue weighted by atomic mass is 35.5. The maximum atomic E-state index is 14.1. The number of carbonyl (C=O) groups excluding carboxylic acids is 3. The minimum absolute atomic E-state index is 0.00238. The minimum atomic E-state index is -0.632. The third-order valence-electron chi connectivity index (χ3n) is 8.31. The summed E-state index contributed by atoms with van der Waals surface area (Å²) in [5.74, 6) is 0.238. The van der Waals surface area contributed by atoms with Crippen molar-refractivity contribution in [2.45, 2.75) is 103 Å². The molecule has 0 spiro atoms. The van der Waals surface area contributed by atoms with Gasteiger partial charge in [-0.1, -0.05) is 30.9 Å². The Morgan fingerprint density at radius 1 is 1.08 bits per heavy atom. The van der Waals surface area contributed by atoms with Crippen molar-refractivity contribution in [1.82, 2.24) is 14.8 Å². The van der Waals surface area contributed by atoms with E-state index in [9.17, 15) is 14.4 Å². The molecule has 0 bridgehead atoms. The largest absolute Gasteiger partial charge is 0.444 e. The van der Waals surface area contributed by atoms with Crippen molar-refractivity contribution in [1.29, 1.82) is 0 Å². The van der Waals surface area contributed by atoms with Gasteiger partial charge in [-0.3, -0.25) is 9.59 Å². The molecule has 1 N–H and O–H groups in total. The zero-order chi connectivity index (χ0) is 27.7. The molecule has 2 aromatic rings. The Labute approximate surface area is 236 Å². The fourth-order valence-electron chi connectivity index (χ4n) is 6.52. The summed E-state index contributed by atoms with van der Waals surface area (Å²) in [6.07, 6.45) is 9.91. The molecule has 0 unspecified atom stereocenters. The Morgan fingerprint density at radius 3 is 2.54 bits per heavy atom. The predicted molar refractivity (Wildman–Crippen MR) is 153 cm³/mol. The molecule has 1 aromatic carbocycles. The number of nitrogens with zero attached hydrogens (tertiary/aromatic N) is 3. The van der Waals surface area contributed by atoms with Crippen LogP contribution in [0, 0.1) is 5.92 Å². The summed E-state index contributed by atoms with van der Waals surface area (Å²) in [4.78, 5) is 43.3. The maximum absolute atomic E-state index is 14.1. The molecule has 9 heteroatoms. The molecule has 8 nitrogen and oxygen atoms in total. The van der Waals surface area contributed by atoms with Crippen LogP contribution in [0.4, 0.5) is 10.5 Å². The average molecular weight is 557 g/mol. The fourth-order valence-corrected chi connectivity index (χ4v) is 6.70. The van der Waals surface area contributed by atoms with Crippen LogP contribution in [0.3, 0.4) is 0 Å². The summed E-state index contributed by atoms with van der Waals surface area (Å²) >= 11 is 6.36. The SMILES string of the molecule is CC(C)(C)OC(=O)N[C@H](C(=O)N1CCC[C@H]1Cn1cc(N2CCCC2=O)c2cc(Cl)ccc21)C1CCCCC1. The molecule has 2 saturated heterocycles. The molecule has 212 valence electrons. The van der Waals surface area contributed by atoms with Gasteiger partial charge in [0.2, 0.25) is 11.8 Å². The molecule has 0 radical (unpaired) electrons. The van der Waals surface area contributed by atoms with Crippen LogP contribution in [-0.4, -0.2) is 58.1 Å². The van der Waals surface area contributed by atoms with E-state index < -0.39 is 17.7 Å². The Bertz CT molecular complexity index is 1230. The van der Waals surface area contributed by atoms with Crippen molar-refractivity contribution in [3.8, 4) is 0 Å². The van der Waals surface area contributed by atoms with Crippen molar-refractivity contribution in [3.05, 3.63) is 29.4 Å². The number of ether oxygens (including phenoxy) is 1. The number of anilines is 1. The zero-order valence-corrected chi connectivity index (χ0v) is 24.1. The van der Waals surface area contributed by atoms with Gasteiger partial charge in [0.25, 0.3) is 0 Å². The minimum Gasteiger partial charge on any atom is -0.444 e. The summed E-state index contributed by atoms with van der Waals surface area (Å²) in [6, 6.07) is 5.21. The van der Waals surface area contributed by atoms with Gasteiger partial charge in [-0.25, -0.2) is 4.79 Å². The molecule has 1 saturated carbocycles. The topological polar surface area (TPSA) is 83.9 Å². The number of halogens is 1. The zero-order valence-electron chi connectivity index (χ0n) is 23.4. The summed E-state index contributed by atoms with van der Waals surface area (Å²) in [5, 5.41) is 4.56. The van der Waals surface area contributed by atoms with E-state index in [1.807, 2.05) is 55.0 Å². The van der Waals surface area contributed by atoms with Gasteiger partial charge >= 0.3 is 6.09 Å². The Balaban J connectivity index is 1.39. The number of amides is 3. The summed E-state index contributed by atoms with van der Waals surface area (Å²) in [6.45, 7) is 7.50. The Hall–Kier alpha value is -2.74. The van der Waals surface area contributed by atoms with E-state index in [-0.39, 0.29) is 23.8 Å². The molecule has 3 aliphatic rings. The highest BCUT2D eigenvalue weighted by Gasteiger charge is 2.39. The first kappa shape index (κ1) is 27.8. The number of nitrogens with one attached hydrogen (secondary N) is 1. The second-order valence-corrected chi connectivity index (χ2v) is 12.8. The molecule has 5 rings (SSSR count). The predicted octanol–water partition coefficient (Wildman–Crippen LogP) is 5.89. The number of hydrogen-bond acceptors (Lipinski definition) is 4. The number of benzene rings is 1. The highest BCUT2D eigenvalue weighted by Crippen LogP contribution is 2.35. The molecular formula is C30H41ClN4O4. The lowest BCUT2D eigenvalue weighted by Gasteiger charge is -2.35. The molecule has 1 aliphatic carbocycles. The van der Waals surface area contributed by atoms with Crippen LogP contribution in [0.5, 0.6) is 0 Å². The van der Waals surface area contributed by atoms with Gasteiger partial charge < -0.3 is 24.4 Å². The number of alkyl carbamates (subject to hydrolysis) is 1. The standard InChI is InChI=1S/C30H41ClN4O4/c1-30(2,3)39-29(38)32-27(20-9-5-4-6-10-20)28(37)34-15-7-11-22(34)18-33-19-25(35-16-8-12-26(35)36)23-17-21(31)13-14-24(23)33/h13-14,17,19-20,22,27H,4-12,15-16,18H2,1-3H3,(H,32,38)/t22-,27-/m0/s1. The van der Waals surface area contributed by atoms with Gasteiger partial charge in [0.05, 0.1) is 11.2 Å². The van der Waals surface area contributed by atoms with Crippen LogP contribution >= 0.6 is 11.6 Å². The van der Waals surface area contributed by atoms with Gasteiger partial charge in [0, 0.05) is 48.7 Å². The molecule has 2 aliphatic heterocycles. The van der Waals surface area contributed by atoms with Crippen molar-refractivity contribution in [2.75, 3.05) is 18.0 Å². The normalized spacial score (nSPS) is 21.5. The van der Waals surface area contributed by atoms with Crippen molar-refractivity contribution in [2.24, 2.45) is 5.92 Å². The summed E-state index contributed by atoms with van der Waals surface area (Å²) in [5.41, 5.74) is 1.26. The van der Waals surface area contributed by atoms with Gasteiger partial charge in [0.1, 0.15) is 11.6 Å². The molecule has 3 heterocycles. The average Bonchev–Trinajstić information content (AvgIpc) is 3.60. The van der Waals surface area contributed by atoms with E-state index in [1.165, 1.54) is 6.42 Å². The lowest BCUT2D eigenvalue weighted by Crippen LogP contribution is -2.55. The van der Waals surface area contributed by atoms with Crippen LogP contribution < -0.4 is 10.2 Å². The maximum Gasteiger partial charge on any atom is 0.408 e. The van der Waals surface area contributed by atoms with Crippen LogP contribution in [-0.2, 0) is 20.9 Å². The number of rotatable bonds is 6. The van der Waals surface area contributed by atoms with Crippen LogP contribution in [0.1, 0.15) is 78.6 Å². The Kier molecular flexibility index (Phi) is 8.13. The third-order valence-corrected chi connectivity index (χ3v) is 8.55. The van der Waals surface area contributed by atoms with E-state index >= 15 is 0 Å². The first-order valence-electron chi connectivity index (χ1n) is 14.5. The van der Waals surface area contributed by atoms with Gasteiger partial charge in [-0.15, -0.1) is 0 Å². The lowest BCUT2D eigenvalue weighted by molar-refractivity contribution is -0.136. The summed E-state index contributed by atoms with van der Waals surface area (Å²) < 4.78 is 7.71. The quantitative estimate of drug-likeness (QED) is 0.481. The lowest BCUT2D eigenvalue weighted by atomic mass is 9.83. The van der Waals surface area contributed by atoms with Gasteiger partial charge in [-0.2, -0.15) is 0 Å². The number of aromatic nitrogens is 1. The number of fused-ring (bicyclic) bond motifs is 1. The van der Waals surface area contributed by atoms with E-state index in [0.29, 0.717) is 31.1 Å². The second-order valence-electron chi connectivity index (χ2n) is 12.3. The number of hydrogen-bond donors (Lipinski definition) is 1.